The average Bonchev–Trinajstić information content (AvgIpc) is 3.34. The van der Waals surface area contributed by atoms with Crippen molar-refractivity contribution in [3.05, 3.63) is 59.7 Å². The Morgan fingerprint density at radius 1 is 1.06 bits per heavy atom. The molecule has 0 radical (unpaired) electrons. The van der Waals surface area contributed by atoms with Gasteiger partial charge >= 0.3 is 0 Å². The van der Waals surface area contributed by atoms with Crippen molar-refractivity contribution in [2.24, 2.45) is 0 Å². The second-order valence-electron chi connectivity index (χ2n) is 8.48. The van der Waals surface area contributed by atoms with Crippen molar-refractivity contribution in [3.63, 3.8) is 0 Å². The third-order valence-corrected chi connectivity index (χ3v) is 7.29. The van der Waals surface area contributed by atoms with Gasteiger partial charge in [0.25, 0.3) is 0 Å². The quantitative estimate of drug-likeness (QED) is 0.331. The summed E-state index contributed by atoms with van der Waals surface area (Å²) >= 11 is 1.94. The predicted octanol–water partition coefficient (Wildman–Crippen LogP) is 4.85. The summed E-state index contributed by atoms with van der Waals surface area (Å²) in [6.07, 6.45) is 1.14. The highest BCUT2D eigenvalue weighted by atomic mass is 32.2. The molecular formula is C25H28N6O3S. The van der Waals surface area contributed by atoms with Crippen LogP contribution in [0.15, 0.2) is 58.1 Å². The summed E-state index contributed by atoms with van der Waals surface area (Å²) in [6, 6.07) is 16.1. The second kappa shape index (κ2) is 10.6. The van der Waals surface area contributed by atoms with Crippen LogP contribution < -0.4 is 10.2 Å². The maximum Gasteiger partial charge on any atom is 0.245 e. The molecule has 0 aliphatic carbocycles. The third kappa shape index (κ3) is 5.55. The molecule has 1 aliphatic rings. The summed E-state index contributed by atoms with van der Waals surface area (Å²) in [6.45, 7) is 6.12. The number of thioether (sulfide) groups is 1. The number of aliphatic hydroxyl groups excluding tert-OH is 1. The van der Waals surface area contributed by atoms with E-state index in [-0.39, 0.29) is 0 Å². The largest absolute Gasteiger partial charge is 0.364 e. The Kier molecular flexibility index (Phi) is 7.12. The summed E-state index contributed by atoms with van der Waals surface area (Å²) in [5, 5.41) is 21.7. The standard InChI is InChI=1S/C25H28N6O3S/c1-3-33-25(32)17-6-8-18(9-7-17)26-23-24(28-22-21(27-23)29-34-30-22)31-14-12-20(13-15-31)35-19-10-4-16(2)5-11-19/h4-11,20,25,32H,3,12-15H2,1-2H3,(H,26,27,29). The number of nitrogens with zero attached hydrogens (tertiary/aromatic N) is 5. The first-order chi connectivity index (χ1) is 17.1. The van der Waals surface area contributed by atoms with Crippen LogP contribution in [-0.4, -0.2) is 50.3 Å². The number of nitrogens with one attached hydrogen (secondary N) is 1. The van der Waals surface area contributed by atoms with Gasteiger partial charge in [-0.2, -0.15) is 0 Å². The summed E-state index contributed by atoms with van der Waals surface area (Å²) in [7, 11) is 0. The van der Waals surface area contributed by atoms with Crippen LogP contribution in [0.25, 0.3) is 11.3 Å². The number of aryl methyl sites for hydroxylation is 1. The fourth-order valence-electron chi connectivity index (χ4n) is 4.05. The van der Waals surface area contributed by atoms with Crippen LogP contribution in [0.2, 0.25) is 0 Å². The Morgan fingerprint density at radius 3 is 2.43 bits per heavy atom. The molecule has 2 N–H and O–H groups in total. The molecule has 0 amide bonds. The first-order valence-electron chi connectivity index (χ1n) is 11.7. The highest BCUT2D eigenvalue weighted by Gasteiger charge is 2.25. The number of fused-ring (bicyclic) bond motifs is 1. The summed E-state index contributed by atoms with van der Waals surface area (Å²) < 4.78 is 10.1. The van der Waals surface area contributed by atoms with E-state index in [0.717, 1.165) is 37.4 Å². The zero-order valence-corrected chi connectivity index (χ0v) is 20.5. The van der Waals surface area contributed by atoms with Gasteiger partial charge in [0.2, 0.25) is 11.3 Å². The van der Waals surface area contributed by atoms with Crippen molar-refractivity contribution in [1.29, 1.82) is 0 Å². The van der Waals surface area contributed by atoms with Gasteiger partial charge in [-0.1, -0.05) is 29.8 Å². The number of anilines is 3. The molecule has 2 aromatic heterocycles. The zero-order chi connectivity index (χ0) is 24.2. The Balaban J connectivity index is 1.31. The number of ether oxygens (including phenoxy) is 1. The summed E-state index contributed by atoms with van der Waals surface area (Å²) in [4.78, 5) is 12.9. The molecule has 3 heterocycles. The number of piperidine rings is 1. The topological polar surface area (TPSA) is 109 Å². The zero-order valence-electron chi connectivity index (χ0n) is 19.7. The van der Waals surface area contributed by atoms with Gasteiger partial charge in [-0.3, -0.25) is 0 Å². The van der Waals surface area contributed by atoms with Gasteiger partial charge in [0.1, 0.15) is 0 Å². The maximum absolute atomic E-state index is 10.0. The normalized spacial score (nSPS) is 15.5. The minimum atomic E-state index is -0.943. The molecule has 182 valence electrons. The van der Waals surface area contributed by atoms with Gasteiger partial charge in [-0.15, -0.1) is 11.8 Å². The van der Waals surface area contributed by atoms with Crippen LogP contribution in [-0.2, 0) is 4.74 Å². The first kappa shape index (κ1) is 23.5. The second-order valence-corrected chi connectivity index (χ2v) is 9.85. The number of hydrogen-bond donors (Lipinski definition) is 2. The van der Waals surface area contributed by atoms with Crippen LogP contribution in [0.1, 0.15) is 37.2 Å². The van der Waals surface area contributed by atoms with Crippen LogP contribution in [0.3, 0.4) is 0 Å². The smallest absolute Gasteiger partial charge is 0.245 e. The van der Waals surface area contributed by atoms with Crippen molar-refractivity contribution in [1.82, 2.24) is 20.3 Å². The molecule has 4 aromatic rings. The number of aromatic nitrogens is 4. The molecule has 1 atom stereocenters. The molecule has 1 fully saturated rings. The SMILES string of the molecule is CCOC(O)c1ccc(Nc2nc3nonc3nc2N2CCC(Sc3ccc(C)cc3)CC2)cc1. The molecule has 0 spiro atoms. The number of rotatable bonds is 8. The fraction of sp³-hybridized carbons (Fsp3) is 0.360. The average molecular weight is 493 g/mol. The Morgan fingerprint density at radius 2 is 1.74 bits per heavy atom. The van der Waals surface area contributed by atoms with Gasteiger partial charge in [-0.05, 0) is 61.3 Å². The minimum absolute atomic E-state index is 0.351. The first-order valence-corrected chi connectivity index (χ1v) is 12.6. The lowest BCUT2D eigenvalue weighted by atomic mass is 10.1. The Hall–Kier alpha value is -3.21. The molecule has 10 heteroatoms. The molecule has 0 bridgehead atoms. The van der Waals surface area contributed by atoms with E-state index >= 15 is 0 Å². The monoisotopic (exact) mass is 492 g/mol. The van der Waals surface area contributed by atoms with Crippen molar-refractivity contribution in [2.75, 3.05) is 29.9 Å². The molecule has 0 saturated carbocycles. The van der Waals surface area contributed by atoms with E-state index in [1.54, 1.807) is 0 Å². The number of benzene rings is 2. The number of hydrogen-bond acceptors (Lipinski definition) is 10. The van der Waals surface area contributed by atoms with Crippen molar-refractivity contribution in [3.8, 4) is 0 Å². The van der Waals surface area contributed by atoms with E-state index in [9.17, 15) is 5.11 Å². The summed E-state index contributed by atoms with van der Waals surface area (Å²) in [5.74, 6) is 1.32. The van der Waals surface area contributed by atoms with Crippen LogP contribution in [0.5, 0.6) is 0 Å². The lowest BCUT2D eigenvalue weighted by molar-refractivity contribution is -0.0979. The lowest BCUT2D eigenvalue weighted by Crippen LogP contribution is -2.36. The molecule has 1 aliphatic heterocycles. The van der Waals surface area contributed by atoms with Crippen molar-refractivity contribution in [2.45, 2.75) is 43.1 Å². The lowest BCUT2D eigenvalue weighted by Gasteiger charge is -2.33. The molecule has 1 saturated heterocycles. The van der Waals surface area contributed by atoms with E-state index in [2.05, 4.69) is 56.7 Å². The minimum Gasteiger partial charge on any atom is -0.364 e. The van der Waals surface area contributed by atoms with E-state index in [0.29, 0.717) is 34.5 Å². The van der Waals surface area contributed by atoms with Gasteiger partial charge in [0, 0.05) is 41.1 Å². The Labute approximate surface area is 207 Å². The highest BCUT2D eigenvalue weighted by molar-refractivity contribution is 8.00. The van der Waals surface area contributed by atoms with E-state index < -0.39 is 6.29 Å². The van der Waals surface area contributed by atoms with Gasteiger partial charge in [0.15, 0.2) is 17.9 Å². The van der Waals surface area contributed by atoms with E-state index in [1.165, 1.54) is 10.5 Å². The molecular weight excluding hydrogens is 464 g/mol. The summed E-state index contributed by atoms with van der Waals surface area (Å²) in [5.41, 5.74) is 3.52. The molecule has 1 unspecified atom stereocenters. The molecule has 35 heavy (non-hydrogen) atoms. The maximum atomic E-state index is 10.0. The third-order valence-electron chi connectivity index (χ3n) is 5.94. The fourth-order valence-corrected chi connectivity index (χ4v) is 5.17. The van der Waals surface area contributed by atoms with Crippen molar-refractivity contribution >= 4 is 40.4 Å². The van der Waals surface area contributed by atoms with Crippen LogP contribution >= 0.6 is 11.8 Å². The van der Waals surface area contributed by atoms with Gasteiger partial charge < -0.3 is 20.1 Å². The Bertz CT molecular complexity index is 1260. The highest BCUT2D eigenvalue weighted by Crippen LogP contribution is 2.34. The molecule has 5 rings (SSSR count). The van der Waals surface area contributed by atoms with Gasteiger partial charge in [0.05, 0.1) is 0 Å². The van der Waals surface area contributed by atoms with Crippen molar-refractivity contribution < 1.29 is 14.5 Å². The van der Waals surface area contributed by atoms with E-state index in [4.69, 9.17) is 14.3 Å². The van der Waals surface area contributed by atoms with Crippen LogP contribution in [0.4, 0.5) is 17.3 Å². The predicted molar refractivity (Wildman–Crippen MR) is 136 cm³/mol. The molecule has 9 nitrogen and oxygen atoms in total. The van der Waals surface area contributed by atoms with Crippen LogP contribution in [0, 0.1) is 6.92 Å². The number of aliphatic hydroxyl groups is 1. The van der Waals surface area contributed by atoms with Gasteiger partial charge in [-0.25, -0.2) is 14.6 Å². The van der Waals surface area contributed by atoms with E-state index in [1.807, 2.05) is 43.0 Å². The molecule has 2 aromatic carbocycles.